The number of β-amino-alcohol motifs (C(OH)–C–C–N with tert-alkyl or cyclic N) is 1. The molecule has 0 spiro atoms. The van der Waals surface area contributed by atoms with Gasteiger partial charge in [0.05, 0.1) is 23.6 Å². The van der Waals surface area contributed by atoms with Crippen molar-refractivity contribution < 1.29 is 18.6 Å². The van der Waals surface area contributed by atoms with Gasteiger partial charge >= 0.3 is 0 Å². The third-order valence-electron chi connectivity index (χ3n) is 4.05. The van der Waals surface area contributed by atoms with Gasteiger partial charge in [-0.1, -0.05) is 24.3 Å². The van der Waals surface area contributed by atoms with Crippen molar-refractivity contribution in [2.24, 2.45) is 0 Å². The normalized spacial score (nSPS) is 23.4. The van der Waals surface area contributed by atoms with E-state index < -0.39 is 22.2 Å². The number of fused-ring (bicyclic) bond motifs is 1. The van der Waals surface area contributed by atoms with Crippen LogP contribution in [0.5, 0.6) is 0 Å². The molecule has 7 heteroatoms. The Morgan fingerprint density at radius 3 is 2.65 bits per heavy atom. The average molecular weight is 334 g/mol. The first-order valence-corrected chi connectivity index (χ1v) is 8.78. The van der Waals surface area contributed by atoms with Crippen LogP contribution in [-0.2, 0) is 16.4 Å². The molecule has 0 aliphatic carbocycles. The highest BCUT2D eigenvalue weighted by Gasteiger charge is 2.43. The third-order valence-corrected chi connectivity index (χ3v) is 6.05. The van der Waals surface area contributed by atoms with E-state index in [1.807, 2.05) is 6.07 Å². The highest BCUT2D eigenvalue weighted by molar-refractivity contribution is 7.89. The Labute approximate surface area is 135 Å². The summed E-state index contributed by atoms with van der Waals surface area (Å²) in [6.07, 6.45) is 2.65. The molecule has 23 heavy (non-hydrogen) atoms. The predicted octanol–water partition coefficient (Wildman–Crippen LogP) is 0.723. The zero-order chi connectivity index (χ0) is 16.4. The second-order valence-corrected chi connectivity index (χ2v) is 7.31. The molecule has 0 radical (unpaired) electrons. The maximum absolute atomic E-state index is 12.8. The fourth-order valence-corrected chi connectivity index (χ4v) is 4.85. The molecule has 122 valence electrons. The zero-order valence-electron chi connectivity index (χ0n) is 12.4. The van der Waals surface area contributed by atoms with Gasteiger partial charge in [0.2, 0.25) is 10.0 Å². The van der Waals surface area contributed by atoms with Gasteiger partial charge in [0.15, 0.2) is 0 Å². The van der Waals surface area contributed by atoms with Crippen LogP contribution < -0.4 is 0 Å². The van der Waals surface area contributed by atoms with E-state index in [0.717, 1.165) is 5.56 Å². The first kappa shape index (κ1) is 16.1. The number of sulfonamides is 1. The summed E-state index contributed by atoms with van der Waals surface area (Å²) in [7, 11) is -3.75. The number of nitrogens with zero attached hydrogens (tertiary/aromatic N) is 2. The Hall–Kier alpha value is -1.80. The van der Waals surface area contributed by atoms with Crippen molar-refractivity contribution in [2.45, 2.75) is 23.5 Å². The van der Waals surface area contributed by atoms with Crippen LogP contribution in [0.2, 0.25) is 0 Å². The summed E-state index contributed by atoms with van der Waals surface area (Å²) in [5, 5.41) is 20.0. The number of benzene rings is 1. The predicted molar refractivity (Wildman–Crippen MR) is 84.1 cm³/mol. The van der Waals surface area contributed by atoms with Crippen LogP contribution in [0.25, 0.3) is 0 Å². The second kappa shape index (κ2) is 6.37. The molecule has 1 aromatic carbocycles. The summed E-state index contributed by atoms with van der Waals surface area (Å²) in [6.45, 7) is -0.365. The number of aliphatic hydroxyl groups is 2. The zero-order valence-corrected chi connectivity index (χ0v) is 13.2. The topological polar surface area (TPSA) is 90.7 Å². The van der Waals surface area contributed by atoms with E-state index in [9.17, 15) is 18.6 Å². The number of aromatic nitrogens is 1. The van der Waals surface area contributed by atoms with Gasteiger partial charge in [-0.25, -0.2) is 8.42 Å². The molecular formula is C16H18N2O4S. The Balaban J connectivity index is 2.07. The van der Waals surface area contributed by atoms with E-state index in [1.165, 1.54) is 10.4 Å². The number of hydrogen-bond acceptors (Lipinski definition) is 5. The fourth-order valence-electron chi connectivity index (χ4n) is 2.99. The van der Waals surface area contributed by atoms with Crippen molar-refractivity contribution >= 4 is 10.0 Å². The van der Waals surface area contributed by atoms with Crippen LogP contribution in [0.3, 0.4) is 0 Å². The molecule has 2 heterocycles. The summed E-state index contributed by atoms with van der Waals surface area (Å²) >= 11 is 0. The molecule has 6 nitrogen and oxygen atoms in total. The second-order valence-electron chi connectivity index (χ2n) is 5.45. The van der Waals surface area contributed by atoms with E-state index in [4.69, 9.17) is 0 Å². The Morgan fingerprint density at radius 2 is 1.96 bits per heavy atom. The highest BCUT2D eigenvalue weighted by Crippen LogP contribution is 2.37. The summed E-state index contributed by atoms with van der Waals surface area (Å²) in [5.41, 5.74) is 1.23. The molecule has 2 atom stereocenters. The fraction of sp³-hybridized carbons (Fsp3) is 0.312. The maximum atomic E-state index is 12.8. The lowest BCUT2D eigenvalue weighted by Crippen LogP contribution is -2.50. The minimum atomic E-state index is -3.75. The van der Waals surface area contributed by atoms with Gasteiger partial charge in [0.25, 0.3) is 0 Å². The van der Waals surface area contributed by atoms with Gasteiger partial charge in [0, 0.05) is 24.5 Å². The van der Waals surface area contributed by atoms with Crippen LogP contribution >= 0.6 is 0 Å². The summed E-state index contributed by atoms with van der Waals surface area (Å²) in [4.78, 5) is 4.13. The van der Waals surface area contributed by atoms with Crippen molar-refractivity contribution in [3.8, 4) is 0 Å². The quantitative estimate of drug-likeness (QED) is 0.860. The van der Waals surface area contributed by atoms with Crippen LogP contribution in [0.1, 0.15) is 17.2 Å². The van der Waals surface area contributed by atoms with Crippen molar-refractivity contribution in [2.75, 3.05) is 13.2 Å². The van der Waals surface area contributed by atoms with Gasteiger partial charge < -0.3 is 10.2 Å². The van der Waals surface area contributed by atoms with E-state index in [1.54, 1.807) is 36.7 Å². The number of aliphatic hydroxyl groups excluding tert-OH is 2. The van der Waals surface area contributed by atoms with E-state index in [-0.39, 0.29) is 18.0 Å². The van der Waals surface area contributed by atoms with Crippen LogP contribution in [0, 0.1) is 0 Å². The molecule has 2 aromatic rings. The molecule has 1 aromatic heterocycles. The average Bonchev–Trinajstić information content (AvgIpc) is 2.57. The molecule has 2 N–H and O–H groups in total. The lowest BCUT2D eigenvalue weighted by Gasteiger charge is -2.39. The summed E-state index contributed by atoms with van der Waals surface area (Å²) in [5.74, 6) is 0. The summed E-state index contributed by atoms with van der Waals surface area (Å²) < 4.78 is 26.8. The van der Waals surface area contributed by atoms with Crippen LogP contribution in [0.4, 0.5) is 0 Å². The molecule has 3 rings (SSSR count). The molecule has 2 unspecified atom stereocenters. The largest absolute Gasteiger partial charge is 0.395 e. The van der Waals surface area contributed by atoms with Gasteiger partial charge in [0.1, 0.15) is 0 Å². The van der Waals surface area contributed by atoms with Crippen molar-refractivity contribution in [1.82, 2.24) is 9.29 Å². The Kier molecular flexibility index (Phi) is 4.45. The number of rotatable bonds is 4. The minimum Gasteiger partial charge on any atom is -0.395 e. The number of hydrogen-bond donors (Lipinski definition) is 2. The van der Waals surface area contributed by atoms with Gasteiger partial charge in [-0.2, -0.15) is 4.31 Å². The number of pyridine rings is 1. The highest BCUT2D eigenvalue weighted by atomic mass is 32.2. The Morgan fingerprint density at radius 1 is 1.17 bits per heavy atom. The molecule has 0 fully saturated rings. The molecule has 0 saturated carbocycles. The van der Waals surface area contributed by atoms with Crippen LogP contribution in [-0.4, -0.2) is 47.1 Å². The SMILES string of the molecule is O=S1(=O)c2ccccc2C(O)C(Cc2cccnc2)N1CCO. The van der Waals surface area contributed by atoms with Crippen molar-refractivity contribution in [3.63, 3.8) is 0 Å². The first-order valence-electron chi connectivity index (χ1n) is 7.34. The standard InChI is InChI=1S/C16H18N2O4S/c19-9-8-18-14(10-12-4-3-7-17-11-12)16(20)13-5-1-2-6-15(13)23(18,21)22/h1-7,11,14,16,19-20H,8-10H2. The Bertz CT molecular complexity index is 780. The maximum Gasteiger partial charge on any atom is 0.243 e. The smallest absolute Gasteiger partial charge is 0.243 e. The van der Waals surface area contributed by atoms with E-state index >= 15 is 0 Å². The van der Waals surface area contributed by atoms with Gasteiger partial charge in [-0.3, -0.25) is 4.98 Å². The first-order chi connectivity index (χ1) is 11.1. The summed E-state index contributed by atoms with van der Waals surface area (Å²) in [6, 6.07) is 9.38. The van der Waals surface area contributed by atoms with Crippen molar-refractivity contribution in [3.05, 3.63) is 59.9 Å². The monoisotopic (exact) mass is 334 g/mol. The molecule has 1 aliphatic rings. The lowest BCUT2D eigenvalue weighted by molar-refractivity contribution is 0.0724. The van der Waals surface area contributed by atoms with Gasteiger partial charge in [-0.05, 0) is 24.1 Å². The molecule has 1 aliphatic heterocycles. The van der Waals surface area contributed by atoms with E-state index in [0.29, 0.717) is 12.0 Å². The van der Waals surface area contributed by atoms with E-state index in [2.05, 4.69) is 4.98 Å². The molecular weight excluding hydrogens is 316 g/mol. The minimum absolute atomic E-state index is 0.0569. The third kappa shape index (κ3) is 2.88. The lowest BCUT2D eigenvalue weighted by atomic mass is 9.96. The molecule has 0 saturated heterocycles. The molecule has 0 bridgehead atoms. The van der Waals surface area contributed by atoms with Crippen molar-refractivity contribution in [1.29, 1.82) is 0 Å². The van der Waals surface area contributed by atoms with Gasteiger partial charge in [-0.15, -0.1) is 0 Å². The molecule has 0 amide bonds. The van der Waals surface area contributed by atoms with Crippen LogP contribution in [0.15, 0.2) is 53.7 Å².